The number of para-hydroxylation sites is 1. The van der Waals surface area contributed by atoms with Gasteiger partial charge in [0.15, 0.2) is 0 Å². The van der Waals surface area contributed by atoms with E-state index in [9.17, 15) is 19.2 Å². The molecular weight excluding hydrogens is 638 g/mol. The van der Waals surface area contributed by atoms with Crippen LogP contribution in [-0.2, 0) is 0 Å². The Hall–Kier alpha value is -6.44. The number of aromatic carboxylic acids is 1. The summed E-state index contributed by atoms with van der Waals surface area (Å²) in [5.74, 6) is -1.48. The monoisotopic (exact) mass is 675 g/mol. The molecule has 2 aliphatic rings. The number of nitrogens with one attached hydrogen (secondary N) is 3. The molecular formula is C36H37N9O5. The van der Waals surface area contributed by atoms with Crippen molar-refractivity contribution in [2.45, 2.75) is 51.6 Å². The zero-order valence-electron chi connectivity index (χ0n) is 27.5. The molecule has 2 aliphatic carbocycles. The van der Waals surface area contributed by atoms with Gasteiger partial charge in [-0.3, -0.25) is 14.4 Å². The van der Waals surface area contributed by atoms with E-state index in [0.717, 1.165) is 36.8 Å². The van der Waals surface area contributed by atoms with Crippen LogP contribution < -0.4 is 27.4 Å². The molecule has 7 rings (SSSR count). The second-order valence-corrected chi connectivity index (χ2v) is 12.3. The third-order valence-electron chi connectivity index (χ3n) is 8.34. The fourth-order valence-electron chi connectivity index (χ4n) is 5.11. The molecule has 0 unspecified atom stereocenters. The van der Waals surface area contributed by atoms with Gasteiger partial charge in [-0.2, -0.15) is 10.2 Å². The maximum absolute atomic E-state index is 12.6. The molecule has 2 saturated carbocycles. The molecule has 0 saturated heterocycles. The number of aryl methyl sites for hydroxylation is 2. The van der Waals surface area contributed by atoms with Crippen LogP contribution >= 0.6 is 0 Å². The third-order valence-corrected chi connectivity index (χ3v) is 8.34. The first-order chi connectivity index (χ1) is 24.0. The van der Waals surface area contributed by atoms with Crippen molar-refractivity contribution in [3.05, 3.63) is 113 Å². The Morgan fingerprint density at radius 2 is 1.14 bits per heavy atom. The fourth-order valence-corrected chi connectivity index (χ4v) is 5.11. The third kappa shape index (κ3) is 7.49. The smallest absolute Gasteiger partial charge is 0.341 e. The minimum Gasteiger partial charge on any atom is -0.477 e. The normalized spacial score (nSPS) is 13.5. The number of hydrogen-bond acceptors (Lipinski definition) is 8. The lowest BCUT2D eigenvalue weighted by Gasteiger charge is -2.11. The molecule has 2 fully saturated rings. The molecule has 0 radical (unpaired) electrons. The SMILES string of the molecule is Cc1ccc(C(=O)NC2CC2)cc1-n1ncc(C(=O)Nc2ccccc2)c1N.Cc1ccc(C(=O)NC2CC2)cc1-n1ncc(C(=O)O)c1N. The van der Waals surface area contributed by atoms with Crippen molar-refractivity contribution in [2.24, 2.45) is 0 Å². The van der Waals surface area contributed by atoms with Gasteiger partial charge in [-0.15, -0.1) is 0 Å². The van der Waals surface area contributed by atoms with Crippen molar-refractivity contribution in [2.75, 3.05) is 16.8 Å². The topological polar surface area (TPSA) is 212 Å². The molecule has 2 aromatic heterocycles. The Bertz CT molecular complexity index is 2100. The zero-order valence-corrected chi connectivity index (χ0v) is 27.5. The van der Waals surface area contributed by atoms with Crippen LogP contribution in [0.3, 0.4) is 0 Å². The Morgan fingerprint density at radius 3 is 1.58 bits per heavy atom. The van der Waals surface area contributed by atoms with E-state index in [0.29, 0.717) is 28.2 Å². The molecule has 14 heteroatoms. The van der Waals surface area contributed by atoms with Crippen LogP contribution in [0.5, 0.6) is 0 Å². The highest BCUT2D eigenvalue weighted by Crippen LogP contribution is 2.25. The van der Waals surface area contributed by atoms with Gasteiger partial charge in [0.05, 0.1) is 23.8 Å². The van der Waals surface area contributed by atoms with E-state index in [2.05, 4.69) is 26.1 Å². The standard InChI is InChI=1S/C21H21N5O2.C15H16N4O3/c1-13-7-8-14(20(27)24-16-9-10-16)11-18(13)26-19(22)17(12-23-26)21(28)25-15-5-3-2-4-6-15;1-8-2-3-9(14(20)18-10-4-5-10)6-12(8)19-13(16)11(7-17-19)15(21)22/h2-8,11-12,16H,9-10,22H2,1H3,(H,24,27)(H,25,28);2-3,6-7,10H,4-5,16H2,1H3,(H,18,20)(H,21,22). The lowest BCUT2D eigenvalue weighted by molar-refractivity contribution is 0.0697. The first-order valence-corrected chi connectivity index (χ1v) is 16.1. The summed E-state index contributed by atoms with van der Waals surface area (Å²) in [6.45, 7) is 3.75. The Kier molecular flexibility index (Phi) is 9.34. The fraction of sp³-hybridized carbons (Fsp3) is 0.222. The summed E-state index contributed by atoms with van der Waals surface area (Å²) >= 11 is 0. The van der Waals surface area contributed by atoms with Crippen molar-refractivity contribution in [3.8, 4) is 11.4 Å². The molecule has 14 nitrogen and oxygen atoms in total. The molecule has 8 N–H and O–H groups in total. The van der Waals surface area contributed by atoms with E-state index in [1.807, 2.05) is 38.1 Å². The predicted molar refractivity (Wildman–Crippen MR) is 188 cm³/mol. The molecule has 5 aromatic rings. The lowest BCUT2D eigenvalue weighted by Crippen LogP contribution is -2.25. The van der Waals surface area contributed by atoms with Gasteiger partial charge < -0.3 is 32.5 Å². The van der Waals surface area contributed by atoms with E-state index in [4.69, 9.17) is 16.6 Å². The molecule has 0 aliphatic heterocycles. The Labute approximate surface area is 287 Å². The van der Waals surface area contributed by atoms with Gasteiger partial charge in [-0.05, 0) is 87.1 Å². The van der Waals surface area contributed by atoms with Crippen LogP contribution in [0.4, 0.5) is 17.3 Å². The van der Waals surface area contributed by atoms with Crippen LogP contribution in [0.25, 0.3) is 11.4 Å². The van der Waals surface area contributed by atoms with Gasteiger partial charge in [0, 0.05) is 28.9 Å². The van der Waals surface area contributed by atoms with Crippen LogP contribution in [-0.4, -0.2) is 60.4 Å². The maximum atomic E-state index is 12.6. The minimum atomic E-state index is -1.14. The summed E-state index contributed by atoms with van der Waals surface area (Å²) < 4.78 is 2.83. The number of nitrogen functional groups attached to an aromatic ring is 2. The van der Waals surface area contributed by atoms with Gasteiger partial charge >= 0.3 is 5.97 Å². The quantitative estimate of drug-likeness (QED) is 0.132. The molecule has 2 heterocycles. The van der Waals surface area contributed by atoms with E-state index in [-0.39, 0.29) is 52.6 Å². The van der Waals surface area contributed by atoms with Crippen LogP contribution in [0, 0.1) is 13.8 Å². The predicted octanol–water partition coefficient (Wildman–Crippen LogP) is 4.26. The summed E-state index contributed by atoms with van der Waals surface area (Å²) in [5, 5.41) is 26.0. The molecule has 0 spiro atoms. The number of carboxylic acids is 1. The van der Waals surface area contributed by atoms with Crippen LogP contribution in [0.2, 0.25) is 0 Å². The minimum absolute atomic E-state index is 0.0374. The van der Waals surface area contributed by atoms with E-state index < -0.39 is 5.97 Å². The summed E-state index contributed by atoms with van der Waals surface area (Å²) in [7, 11) is 0. The molecule has 0 bridgehead atoms. The van der Waals surface area contributed by atoms with Crippen molar-refractivity contribution in [1.29, 1.82) is 0 Å². The van der Waals surface area contributed by atoms with Crippen molar-refractivity contribution in [1.82, 2.24) is 30.2 Å². The van der Waals surface area contributed by atoms with Crippen molar-refractivity contribution in [3.63, 3.8) is 0 Å². The molecule has 3 amide bonds. The second kappa shape index (κ2) is 14.0. The van der Waals surface area contributed by atoms with Gasteiger partial charge in [0.25, 0.3) is 17.7 Å². The largest absolute Gasteiger partial charge is 0.477 e. The second-order valence-electron chi connectivity index (χ2n) is 12.3. The number of carbonyl (C=O) groups is 4. The Balaban J connectivity index is 0.000000178. The maximum Gasteiger partial charge on any atom is 0.341 e. The summed E-state index contributed by atoms with van der Waals surface area (Å²) in [4.78, 5) is 48.1. The Morgan fingerprint density at radius 1 is 0.680 bits per heavy atom. The number of hydrogen-bond donors (Lipinski definition) is 6. The number of anilines is 3. The lowest BCUT2D eigenvalue weighted by atomic mass is 10.1. The number of nitrogens with zero attached hydrogens (tertiary/aromatic N) is 4. The highest BCUT2D eigenvalue weighted by Gasteiger charge is 2.26. The average Bonchev–Trinajstić information content (AvgIpc) is 4.02. The molecule has 3 aromatic carbocycles. The van der Waals surface area contributed by atoms with Crippen molar-refractivity contribution < 1.29 is 24.3 Å². The number of carboxylic acid groups (broad SMARTS) is 1. The highest BCUT2D eigenvalue weighted by molar-refractivity contribution is 6.07. The number of rotatable bonds is 9. The number of benzene rings is 3. The van der Waals surface area contributed by atoms with Crippen LogP contribution in [0.15, 0.2) is 79.1 Å². The van der Waals surface area contributed by atoms with Crippen molar-refractivity contribution >= 4 is 41.0 Å². The van der Waals surface area contributed by atoms with Gasteiger partial charge in [0.2, 0.25) is 0 Å². The van der Waals surface area contributed by atoms with Crippen LogP contribution in [0.1, 0.15) is 78.2 Å². The highest BCUT2D eigenvalue weighted by atomic mass is 16.4. The zero-order chi connectivity index (χ0) is 35.5. The van der Waals surface area contributed by atoms with Gasteiger partial charge in [-0.25, -0.2) is 14.2 Å². The van der Waals surface area contributed by atoms with E-state index in [1.165, 1.54) is 21.8 Å². The van der Waals surface area contributed by atoms with Gasteiger partial charge in [-0.1, -0.05) is 30.3 Å². The number of amides is 3. The first kappa shape index (κ1) is 33.5. The number of aromatic nitrogens is 4. The summed E-state index contributed by atoms with van der Waals surface area (Å²) in [5.41, 5.74) is 17.0. The molecule has 256 valence electrons. The molecule has 0 atom stereocenters. The summed E-state index contributed by atoms with van der Waals surface area (Å²) in [6, 6.07) is 20.2. The average molecular weight is 676 g/mol. The first-order valence-electron chi connectivity index (χ1n) is 16.1. The molecule has 50 heavy (non-hydrogen) atoms. The number of carbonyl (C=O) groups excluding carboxylic acids is 3. The van der Waals surface area contributed by atoms with E-state index >= 15 is 0 Å². The number of nitrogens with two attached hydrogens (primary N) is 2. The van der Waals surface area contributed by atoms with Gasteiger partial charge in [0.1, 0.15) is 22.8 Å². The summed E-state index contributed by atoms with van der Waals surface area (Å²) in [6.07, 6.45) is 6.71. The van der Waals surface area contributed by atoms with E-state index in [1.54, 1.807) is 42.5 Å².